The second-order valence-electron chi connectivity index (χ2n) is 8.24. The van der Waals surface area contributed by atoms with Crippen molar-refractivity contribution >= 4 is 39.7 Å². The number of nitrogens with one attached hydrogen (secondary N) is 1. The van der Waals surface area contributed by atoms with Crippen LogP contribution in [0.5, 0.6) is 0 Å². The zero-order valence-corrected chi connectivity index (χ0v) is 17.8. The number of fused-ring (bicyclic) bond motifs is 1. The molecule has 2 aromatic rings. The highest BCUT2D eigenvalue weighted by molar-refractivity contribution is 7.80. The predicted molar refractivity (Wildman–Crippen MR) is 118 cm³/mol. The number of rotatable bonds is 8. The minimum absolute atomic E-state index is 0.0349. The van der Waals surface area contributed by atoms with Crippen molar-refractivity contribution in [2.45, 2.75) is 50.6 Å². The number of aliphatic hydroxyl groups is 1. The van der Waals surface area contributed by atoms with Crippen LogP contribution in [0.2, 0.25) is 0 Å². The van der Waals surface area contributed by atoms with Gasteiger partial charge in [-0.05, 0) is 37.8 Å². The Labute approximate surface area is 181 Å². The lowest BCUT2D eigenvalue weighted by molar-refractivity contribution is -0.137. The minimum atomic E-state index is -0.590. The van der Waals surface area contributed by atoms with Crippen LogP contribution in [0.25, 0.3) is 11.0 Å². The van der Waals surface area contributed by atoms with Gasteiger partial charge < -0.3 is 19.7 Å². The number of nitrogens with zero attached hydrogens (tertiary/aromatic N) is 1. The van der Waals surface area contributed by atoms with Gasteiger partial charge in [0.05, 0.1) is 18.6 Å². The second kappa shape index (κ2) is 9.37. The molecule has 30 heavy (non-hydrogen) atoms. The fraction of sp³-hybridized carbons (Fsp3) is 0.522. The number of para-hydroxylation sites is 1. The molecule has 0 aliphatic carbocycles. The summed E-state index contributed by atoms with van der Waals surface area (Å²) in [5.74, 6) is 0.317. The Kier molecular flexibility index (Phi) is 6.61. The van der Waals surface area contributed by atoms with E-state index in [1.807, 2.05) is 24.3 Å². The zero-order valence-electron chi connectivity index (χ0n) is 17.0. The summed E-state index contributed by atoms with van der Waals surface area (Å²) >= 11 is 5.42. The molecule has 2 N–H and O–H groups in total. The molecule has 7 heteroatoms. The smallest absolute Gasteiger partial charge is 0.241 e. The van der Waals surface area contributed by atoms with Crippen molar-refractivity contribution in [3.8, 4) is 0 Å². The molecule has 6 nitrogen and oxygen atoms in total. The van der Waals surface area contributed by atoms with Crippen LogP contribution in [0.1, 0.15) is 37.9 Å². The fourth-order valence-electron chi connectivity index (χ4n) is 4.63. The first-order valence-corrected chi connectivity index (χ1v) is 11.2. The van der Waals surface area contributed by atoms with Crippen molar-refractivity contribution in [2.75, 3.05) is 19.7 Å². The molecule has 0 radical (unpaired) electrons. The van der Waals surface area contributed by atoms with Gasteiger partial charge in [-0.1, -0.05) is 30.4 Å². The van der Waals surface area contributed by atoms with Gasteiger partial charge in [0, 0.05) is 36.2 Å². The summed E-state index contributed by atoms with van der Waals surface area (Å²) in [4.78, 5) is 28.3. The van der Waals surface area contributed by atoms with Crippen molar-refractivity contribution in [3.05, 3.63) is 36.1 Å². The normalized spacial score (nSPS) is 24.1. The van der Waals surface area contributed by atoms with Gasteiger partial charge >= 0.3 is 0 Å². The molecule has 2 saturated heterocycles. The number of Topliss-reactive ketones (excluding diaryl/α,β-unsaturated/α-hetero) is 1. The number of aryl methyl sites for hydroxylation is 1. The van der Waals surface area contributed by atoms with E-state index >= 15 is 0 Å². The van der Waals surface area contributed by atoms with Gasteiger partial charge in [-0.15, -0.1) is 0 Å². The highest BCUT2D eigenvalue weighted by atomic mass is 32.1. The third-order valence-electron chi connectivity index (χ3n) is 6.23. The molecule has 4 rings (SSSR count). The van der Waals surface area contributed by atoms with Gasteiger partial charge in [-0.25, -0.2) is 0 Å². The number of carbonyl (C=O) groups is 2. The molecule has 3 atom stereocenters. The molecule has 2 fully saturated rings. The van der Waals surface area contributed by atoms with Gasteiger partial charge in [-0.2, -0.15) is 0 Å². The molecule has 1 aromatic heterocycles. The van der Waals surface area contributed by atoms with E-state index in [0.717, 1.165) is 48.8 Å². The minimum Gasteiger partial charge on any atom is -0.461 e. The highest BCUT2D eigenvalue weighted by Gasteiger charge is 2.44. The summed E-state index contributed by atoms with van der Waals surface area (Å²) in [6.07, 6.45) is 4.45. The first kappa shape index (κ1) is 21.2. The summed E-state index contributed by atoms with van der Waals surface area (Å²) in [7, 11) is 0. The van der Waals surface area contributed by atoms with E-state index < -0.39 is 12.0 Å². The Morgan fingerprint density at radius 2 is 2.10 bits per heavy atom. The maximum absolute atomic E-state index is 13.0. The van der Waals surface area contributed by atoms with Gasteiger partial charge in [0.15, 0.2) is 0 Å². The molecule has 2 aliphatic heterocycles. The number of carbonyl (C=O) groups excluding carboxylic acids is 2. The number of ketones is 1. The van der Waals surface area contributed by atoms with Gasteiger partial charge in [0.1, 0.15) is 23.2 Å². The summed E-state index contributed by atoms with van der Waals surface area (Å²) in [5, 5.41) is 13.8. The van der Waals surface area contributed by atoms with Crippen molar-refractivity contribution in [2.24, 2.45) is 5.92 Å². The summed E-state index contributed by atoms with van der Waals surface area (Å²) < 4.78 is 5.83. The quantitative estimate of drug-likeness (QED) is 0.497. The molecule has 0 bridgehead atoms. The van der Waals surface area contributed by atoms with E-state index in [-0.39, 0.29) is 24.3 Å². The molecule has 0 saturated carbocycles. The fourth-order valence-corrected chi connectivity index (χ4v) is 4.98. The molecular weight excluding hydrogens is 400 g/mol. The van der Waals surface area contributed by atoms with Gasteiger partial charge in [0.2, 0.25) is 5.91 Å². The van der Waals surface area contributed by atoms with Crippen molar-refractivity contribution in [1.82, 2.24) is 10.2 Å². The first-order chi connectivity index (χ1) is 14.6. The monoisotopic (exact) mass is 428 g/mol. The number of benzene rings is 1. The van der Waals surface area contributed by atoms with E-state index in [4.69, 9.17) is 16.6 Å². The zero-order chi connectivity index (χ0) is 21.1. The van der Waals surface area contributed by atoms with Crippen LogP contribution in [-0.2, 0) is 16.0 Å². The molecule has 160 valence electrons. The topological polar surface area (TPSA) is 82.8 Å². The van der Waals surface area contributed by atoms with Gasteiger partial charge in [-0.3, -0.25) is 9.59 Å². The van der Waals surface area contributed by atoms with Crippen LogP contribution in [0.4, 0.5) is 0 Å². The second-order valence-corrected chi connectivity index (χ2v) is 8.76. The van der Waals surface area contributed by atoms with Crippen molar-refractivity contribution < 1.29 is 19.1 Å². The highest BCUT2D eigenvalue weighted by Crippen LogP contribution is 2.25. The Hall–Kier alpha value is -2.09. The number of furan rings is 1. The SMILES string of the molecule is O=C(CCCCc1cc2ccccc2o1)C1C(=S)CN[C@@H]1C(=O)N1CCC[C@H]1CO. The lowest BCUT2D eigenvalue weighted by Crippen LogP contribution is -2.50. The third kappa shape index (κ3) is 4.33. The Morgan fingerprint density at radius 3 is 2.90 bits per heavy atom. The molecule has 0 spiro atoms. The molecule has 1 aromatic carbocycles. The van der Waals surface area contributed by atoms with Crippen LogP contribution >= 0.6 is 12.2 Å². The number of aliphatic hydroxyl groups excluding tert-OH is 1. The number of unbranched alkanes of at least 4 members (excludes halogenated alkanes) is 1. The summed E-state index contributed by atoms with van der Waals surface area (Å²) in [6.45, 7) is 1.01. The van der Waals surface area contributed by atoms with Crippen LogP contribution in [0.15, 0.2) is 34.7 Å². The third-order valence-corrected chi connectivity index (χ3v) is 6.63. The number of likely N-dealkylation sites (tertiary alicyclic amines) is 1. The standard InChI is InChI=1S/C23H28N2O4S/c26-14-16-7-5-11-25(16)23(28)22-21(20(30)13-24-22)18(27)9-3-2-8-17-12-15-6-1-4-10-19(15)29-17/h1,4,6,10,12,16,21-22,24,26H,2-3,5,7-9,11,13-14H2/t16-,21?,22-/m0/s1. The Morgan fingerprint density at radius 1 is 1.27 bits per heavy atom. The van der Waals surface area contributed by atoms with Crippen LogP contribution in [0.3, 0.4) is 0 Å². The Bertz CT molecular complexity index is 907. The molecule has 1 unspecified atom stereocenters. The lowest BCUT2D eigenvalue weighted by atomic mass is 9.91. The molecule has 3 heterocycles. The maximum atomic E-state index is 13.0. The van der Waals surface area contributed by atoms with Crippen LogP contribution in [0, 0.1) is 5.92 Å². The average molecular weight is 429 g/mol. The Balaban J connectivity index is 1.31. The molecule has 2 aliphatic rings. The number of hydrogen-bond acceptors (Lipinski definition) is 6. The van der Waals surface area contributed by atoms with E-state index in [0.29, 0.717) is 24.4 Å². The molecular formula is C23H28N2O4S. The van der Waals surface area contributed by atoms with Crippen LogP contribution < -0.4 is 5.32 Å². The lowest BCUT2D eigenvalue weighted by Gasteiger charge is -2.28. The van der Waals surface area contributed by atoms with Crippen molar-refractivity contribution in [1.29, 1.82) is 0 Å². The predicted octanol–water partition coefficient (Wildman–Crippen LogP) is 2.66. The van der Waals surface area contributed by atoms with E-state index in [2.05, 4.69) is 11.4 Å². The maximum Gasteiger partial charge on any atom is 0.241 e. The first-order valence-electron chi connectivity index (χ1n) is 10.8. The van der Waals surface area contributed by atoms with E-state index in [9.17, 15) is 14.7 Å². The summed E-state index contributed by atoms with van der Waals surface area (Å²) in [5.41, 5.74) is 0.885. The number of thiocarbonyl (C=S) groups is 1. The largest absolute Gasteiger partial charge is 0.461 e. The number of amides is 1. The number of hydrogen-bond donors (Lipinski definition) is 2. The van der Waals surface area contributed by atoms with Crippen molar-refractivity contribution in [3.63, 3.8) is 0 Å². The van der Waals surface area contributed by atoms with E-state index in [1.54, 1.807) is 4.90 Å². The summed E-state index contributed by atoms with van der Waals surface area (Å²) in [6, 6.07) is 9.24. The van der Waals surface area contributed by atoms with E-state index in [1.165, 1.54) is 0 Å². The van der Waals surface area contributed by atoms with Crippen LogP contribution in [-0.4, -0.2) is 58.3 Å². The average Bonchev–Trinajstić information content (AvgIpc) is 3.47. The van der Waals surface area contributed by atoms with Gasteiger partial charge in [0.25, 0.3) is 0 Å². The molecule has 1 amide bonds.